The Kier molecular flexibility index (Phi) is 7.19. The fraction of sp³-hybridized carbons (Fsp3) is 0.583. The molecule has 0 radical (unpaired) electrons. The van der Waals surface area contributed by atoms with E-state index in [1.165, 1.54) is 7.11 Å². The Balaban J connectivity index is 2.04. The van der Waals surface area contributed by atoms with Crippen LogP contribution in [0.5, 0.6) is 0 Å². The standard InChI is InChI=1S/C24H32N4O4/c1-24(2,3)14-20(29)28-19(22(30)27-11-9-26-10-12-27)13-18(23(31)32-4)21(28)17-7-5-16(15-25)6-8-17/h5-8,18-19,21,26H,9-14H2,1-4H3. The predicted octanol–water partition coefficient (Wildman–Crippen LogP) is 1.86. The highest BCUT2D eigenvalue weighted by Crippen LogP contribution is 2.43. The molecule has 172 valence electrons. The number of benzene rings is 1. The zero-order chi connectivity index (χ0) is 23.5. The monoisotopic (exact) mass is 440 g/mol. The van der Waals surface area contributed by atoms with Crippen LogP contribution in [0.3, 0.4) is 0 Å². The van der Waals surface area contributed by atoms with E-state index in [2.05, 4.69) is 11.4 Å². The molecular formula is C24H32N4O4. The minimum atomic E-state index is -0.729. The molecule has 1 N–H and O–H groups in total. The van der Waals surface area contributed by atoms with Crippen molar-refractivity contribution in [2.75, 3.05) is 33.3 Å². The smallest absolute Gasteiger partial charge is 0.311 e. The van der Waals surface area contributed by atoms with Gasteiger partial charge in [0.15, 0.2) is 0 Å². The third-order valence-corrected chi connectivity index (χ3v) is 6.06. The minimum absolute atomic E-state index is 0.126. The molecule has 2 heterocycles. The van der Waals surface area contributed by atoms with Gasteiger partial charge in [0.2, 0.25) is 11.8 Å². The van der Waals surface area contributed by atoms with Gasteiger partial charge in [0, 0.05) is 32.6 Å². The number of nitriles is 1. The molecule has 3 unspecified atom stereocenters. The van der Waals surface area contributed by atoms with Crippen LogP contribution in [0.25, 0.3) is 0 Å². The molecule has 2 saturated heterocycles. The van der Waals surface area contributed by atoms with Gasteiger partial charge in [0.05, 0.1) is 30.7 Å². The Hall–Kier alpha value is -2.92. The minimum Gasteiger partial charge on any atom is -0.469 e. The Bertz CT molecular complexity index is 894. The summed E-state index contributed by atoms with van der Waals surface area (Å²) in [7, 11) is 1.32. The summed E-state index contributed by atoms with van der Waals surface area (Å²) in [6, 6.07) is 7.59. The van der Waals surface area contributed by atoms with Crippen molar-refractivity contribution in [2.24, 2.45) is 11.3 Å². The van der Waals surface area contributed by atoms with E-state index in [4.69, 9.17) is 10.00 Å². The van der Waals surface area contributed by atoms with Crippen LogP contribution in [0.4, 0.5) is 0 Å². The molecule has 0 saturated carbocycles. The lowest BCUT2D eigenvalue weighted by Crippen LogP contribution is -2.54. The van der Waals surface area contributed by atoms with Crippen LogP contribution < -0.4 is 5.32 Å². The number of ether oxygens (including phenoxy) is 1. The van der Waals surface area contributed by atoms with E-state index in [-0.39, 0.29) is 30.1 Å². The fourth-order valence-corrected chi connectivity index (χ4v) is 4.58. The van der Waals surface area contributed by atoms with Crippen LogP contribution in [-0.2, 0) is 19.1 Å². The first-order valence-corrected chi connectivity index (χ1v) is 11.0. The van der Waals surface area contributed by atoms with Crippen molar-refractivity contribution in [3.8, 4) is 6.07 Å². The number of nitrogens with one attached hydrogen (secondary N) is 1. The molecule has 0 spiro atoms. The summed E-state index contributed by atoms with van der Waals surface area (Å²) < 4.78 is 5.07. The van der Waals surface area contributed by atoms with Crippen molar-refractivity contribution in [2.45, 2.75) is 45.7 Å². The van der Waals surface area contributed by atoms with Crippen molar-refractivity contribution < 1.29 is 19.1 Å². The Labute approximate surface area is 189 Å². The van der Waals surface area contributed by atoms with Crippen LogP contribution in [-0.4, -0.2) is 66.9 Å². The lowest BCUT2D eigenvalue weighted by Gasteiger charge is -2.36. The van der Waals surface area contributed by atoms with E-state index < -0.39 is 24.0 Å². The number of amides is 2. The number of methoxy groups -OCH3 is 1. The Morgan fingerprint density at radius 2 is 1.78 bits per heavy atom. The first-order chi connectivity index (χ1) is 15.2. The Morgan fingerprint density at radius 3 is 2.31 bits per heavy atom. The van der Waals surface area contributed by atoms with Gasteiger partial charge in [-0.15, -0.1) is 0 Å². The van der Waals surface area contributed by atoms with Crippen LogP contribution in [0.2, 0.25) is 0 Å². The van der Waals surface area contributed by atoms with Gasteiger partial charge in [-0.2, -0.15) is 5.26 Å². The molecular weight excluding hydrogens is 408 g/mol. The molecule has 0 aromatic heterocycles. The topological polar surface area (TPSA) is 103 Å². The van der Waals surface area contributed by atoms with Crippen molar-refractivity contribution in [1.82, 2.24) is 15.1 Å². The molecule has 2 amide bonds. The molecule has 8 heteroatoms. The van der Waals surface area contributed by atoms with Gasteiger partial charge in [0.25, 0.3) is 0 Å². The van der Waals surface area contributed by atoms with E-state index in [1.807, 2.05) is 20.8 Å². The van der Waals surface area contributed by atoms with Crippen LogP contribution in [0.15, 0.2) is 24.3 Å². The third-order valence-electron chi connectivity index (χ3n) is 6.06. The van der Waals surface area contributed by atoms with Crippen LogP contribution in [0, 0.1) is 22.7 Å². The summed E-state index contributed by atoms with van der Waals surface area (Å²) in [6.07, 6.45) is 0.467. The fourth-order valence-electron chi connectivity index (χ4n) is 4.58. The molecule has 1 aromatic carbocycles. The van der Waals surface area contributed by atoms with Crippen molar-refractivity contribution in [3.05, 3.63) is 35.4 Å². The zero-order valence-corrected chi connectivity index (χ0v) is 19.3. The van der Waals surface area contributed by atoms with Crippen molar-refractivity contribution in [3.63, 3.8) is 0 Å². The van der Waals surface area contributed by atoms with E-state index in [9.17, 15) is 14.4 Å². The molecule has 1 aromatic rings. The van der Waals surface area contributed by atoms with Gasteiger partial charge >= 0.3 is 5.97 Å². The van der Waals surface area contributed by atoms with Gasteiger partial charge in [-0.1, -0.05) is 32.9 Å². The second-order valence-corrected chi connectivity index (χ2v) is 9.67. The molecule has 0 aliphatic carbocycles. The van der Waals surface area contributed by atoms with E-state index in [0.29, 0.717) is 31.7 Å². The summed E-state index contributed by atoms with van der Waals surface area (Å²) in [5, 5.41) is 12.4. The zero-order valence-electron chi connectivity index (χ0n) is 19.3. The number of esters is 1. The van der Waals surface area contributed by atoms with Crippen molar-refractivity contribution >= 4 is 17.8 Å². The number of carbonyl (C=O) groups is 3. The van der Waals surface area contributed by atoms with Gasteiger partial charge in [-0.3, -0.25) is 14.4 Å². The molecule has 3 rings (SSSR count). The molecule has 8 nitrogen and oxygen atoms in total. The first-order valence-electron chi connectivity index (χ1n) is 11.0. The predicted molar refractivity (Wildman–Crippen MR) is 118 cm³/mol. The first kappa shape index (κ1) is 23.7. The normalized spacial score (nSPS) is 23.5. The summed E-state index contributed by atoms with van der Waals surface area (Å²) in [5.41, 5.74) is 0.929. The lowest BCUT2D eigenvalue weighted by atomic mass is 9.90. The highest BCUT2D eigenvalue weighted by molar-refractivity contribution is 5.91. The average molecular weight is 441 g/mol. The highest BCUT2D eigenvalue weighted by atomic mass is 16.5. The number of hydrogen-bond donors (Lipinski definition) is 1. The molecule has 3 atom stereocenters. The van der Waals surface area contributed by atoms with E-state index >= 15 is 0 Å². The summed E-state index contributed by atoms with van der Waals surface area (Å²) >= 11 is 0. The SMILES string of the molecule is COC(=O)C1CC(C(=O)N2CCNCC2)N(C(=O)CC(C)(C)C)C1c1ccc(C#N)cc1. The Morgan fingerprint density at radius 1 is 1.16 bits per heavy atom. The van der Waals surface area contributed by atoms with E-state index in [0.717, 1.165) is 5.56 Å². The van der Waals surface area contributed by atoms with Gasteiger partial charge in [-0.05, 0) is 29.5 Å². The summed E-state index contributed by atoms with van der Waals surface area (Å²) in [6.45, 7) is 8.47. The van der Waals surface area contributed by atoms with Gasteiger partial charge < -0.3 is 19.9 Å². The summed E-state index contributed by atoms with van der Waals surface area (Å²) in [4.78, 5) is 43.2. The molecule has 2 aliphatic heterocycles. The quantitative estimate of drug-likeness (QED) is 0.717. The number of rotatable bonds is 4. The molecule has 2 fully saturated rings. The number of nitrogens with zero attached hydrogens (tertiary/aromatic N) is 3. The summed E-state index contributed by atoms with van der Waals surface area (Å²) in [5.74, 6) is -1.39. The van der Waals surface area contributed by atoms with Gasteiger partial charge in [0.1, 0.15) is 6.04 Å². The lowest BCUT2D eigenvalue weighted by molar-refractivity contribution is -0.149. The number of carbonyl (C=O) groups excluding carboxylic acids is 3. The molecule has 2 aliphatic rings. The highest BCUT2D eigenvalue weighted by Gasteiger charge is 2.52. The van der Waals surface area contributed by atoms with E-state index in [1.54, 1.807) is 34.1 Å². The number of hydrogen-bond acceptors (Lipinski definition) is 6. The maximum atomic E-state index is 13.6. The number of likely N-dealkylation sites (tertiary alicyclic amines) is 1. The van der Waals surface area contributed by atoms with Crippen LogP contribution >= 0.6 is 0 Å². The molecule has 32 heavy (non-hydrogen) atoms. The van der Waals surface area contributed by atoms with Crippen LogP contribution in [0.1, 0.15) is 50.8 Å². The molecule has 0 bridgehead atoms. The third kappa shape index (κ3) is 5.10. The van der Waals surface area contributed by atoms with Crippen molar-refractivity contribution in [1.29, 1.82) is 5.26 Å². The second-order valence-electron chi connectivity index (χ2n) is 9.67. The maximum Gasteiger partial charge on any atom is 0.311 e. The second kappa shape index (κ2) is 9.70. The largest absolute Gasteiger partial charge is 0.469 e. The number of piperazine rings is 1. The maximum absolute atomic E-state index is 13.6. The average Bonchev–Trinajstić information content (AvgIpc) is 3.18. The van der Waals surface area contributed by atoms with Gasteiger partial charge in [-0.25, -0.2) is 0 Å².